The first-order valence-electron chi connectivity index (χ1n) is 10.1. The molecule has 0 aromatic rings. The molecule has 2 fully saturated rings. The van der Waals surface area contributed by atoms with Crippen LogP contribution in [0.25, 0.3) is 0 Å². The lowest BCUT2D eigenvalue weighted by Gasteiger charge is -2.58. The van der Waals surface area contributed by atoms with E-state index in [1.54, 1.807) is 6.08 Å². The standard InChI is InChI=1S/C22H30O5/c1-12-8-16-15-5-4-13-9-14(24)6-7-20(13,2)19(15)17(25)10-21(16,3)22(12,27)18(26)11-23/h4-5,9,12,15-17,19,23,25,27H,6-8,10-11H2,1-3H3/t12-,15+,16+,17+,19-,20+,21+,22+/m1/s1. The van der Waals surface area contributed by atoms with Crippen LogP contribution >= 0.6 is 0 Å². The summed E-state index contributed by atoms with van der Waals surface area (Å²) in [4.78, 5) is 24.5. The molecule has 0 aromatic heterocycles. The number of hydrogen-bond acceptors (Lipinski definition) is 5. The van der Waals surface area contributed by atoms with Crippen molar-refractivity contribution >= 4 is 11.6 Å². The first-order valence-corrected chi connectivity index (χ1v) is 10.1. The van der Waals surface area contributed by atoms with Crippen molar-refractivity contribution < 1.29 is 24.9 Å². The van der Waals surface area contributed by atoms with Crippen molar-refractivity contribution in [3.63, 3.8) is 0 Å². The number of rotatable bonds is 2. The van der Waals surface area contributed by atoms with Gasteiger partial charge in [-0.25, -0.2) is 0 Å². The van der Waals surface area contributed by atoms with Crippen molar-refractivity contribution in [3.05, 3.63) is 23.8 Å². The number of ketones is 2. The largest absolute Gasteiger partial charge is 0.393 e. The molecule has 0 unspecified atom stereocenters. The van der Waals surface area contributed by atoms with Crippen molar-refractivity contribution in [2.24, 2.45) is 34.5 Å². The molecule has 2 saturated carbocycles. The fourth-order valence-corrected chi connectivity index (χ4v) is 7.18. The lowest BCUT2D eigenvalue weighted by atomic mass is 9.47. The lowest BCUT2D eigenvalue weighted by molar-refractivity contribution is -0.180. The first-order chi connectivity index (χ1) is 12.6. The molecule has 148 valence electrons. The molecule has 0 amide bonds. The summed E-state index contributed by atoms with van der Waals surface area (Å²) >= 11 is 0. The normalized spacial score (nSPS) is 51.3. The molecule has 4 rings (SSSR count). The summed E-state index contributed by atoms with van der Waals surface area (Å²) in [6, 6.07) is 0. The highest BCUT2D eigenvalue weighted by atomic mass is 16.3. The Morgan fingerprint density at radius 2 is 2.04 bits per heavy atom. The van der Waals surface area contributed by atoms with E-state index in [-0.39, 0.29) is 34.9 Å². The lowest BCUT2D eigenvalue weighted by Crippen LogP contribution is -2.62. The number of carbonyl (C=O) groups excluding carboxylic acids is 2. The number of hydrogen-bond donors (Lipinski definition) is 3. The van der Waals surface area contributed by atoms with Crippen LogP contribution in [-0.2, 0) is 9.59 Å². The first kappa shape index (κ1) is 19.0. The molecule has 0 saturated heterocycles. The molecule has 0 aliphatic heterocycles. The molecule has 0 spiro atoms. The second-order valence-electron chi connectivity index (χ2n) is 9.73. The van der Waals surface area contributed by atoms with E-state index in [4.69, 9.17) is 0 Å². The highest BCUT2D eigenvalue weighted by Gasteiger charge is 2.70. The average molecular weight is 374 g/mol. The van der Waals surface area contributed by atoms with E-state index < -0.39 is 29.5 Å². The van der Waals surface area contributed by atoms with Crippen molar-refractivity contribution in [3.8, 4) is 0 Å². The smallest absolute Gasteiger partial charge is 0.190 e. The van der Waals surface area contributed by atoms with Gasteiger partial charge in [0.05, 0.1) is 6.10 Å². The van der Waals surface area contributed by atoms with Crippen molar-refractivity contribution in [1.82, 2.24) is 0 Å². The number of aliphatic hydroxyl groups is 3. The van der Waals surface area contributed by atoms with Crippen molar-refractivity contribution in [2.75, 3.05) is 6.61 Å². The zero-order valence-corrected chi connectivity index (χ0v) is 16.3. The van der Waals surface area contributed by atoms with Gasteiger partial charge in [-0.2, -0.15) is 0 Å². The maximum atomic E-state index is 12.6. The van der Waals surface area contributed by atoms with E-state index in [9.17, 15) is 24.9 Å². The van der Waals surface area contributed by atoms with Crippen LogP contribution < -0.4 is 0 Å². The predicted octanol–water partition coefficient (Wildman–Crippen LogP) is 1.80. The quantitative estimate of drug-likeness (QED) is 0.685. The second-order valence-corrected chi connectivity index (χ2v) is 9.73. The van der Waals surface area contributed by atoms with Crippen LogP contribution in [0.15, 0.2) is 23.8 Å². The second kappa shape index (κ2) is 5.85. The Balaban J connectivity index is 1.81. The van der Waals surface area contributed by atoms with Crippen LogP contribution in [0.5, 0.6) is 0 Å². The summed E-state index contributed by atoms with van der Waals surface area (Å²) in [5.74, 6) is -0.618. The number of fused-ring (bicyclic) bond motifs is 5. The van der Waals surface area contributed by atoms with Gasteiger partial charge in [0.1, 0.15) is 12.2 Å². The van der Waals surface area contributed by atoms with Crippen molar-refractivity contribution in [2.45, 2.75) is 58.2 Å². The summed E-state index contributed by atoms with van der Waals surface area (Å²) in [6.07, 6.45) is 7.39. The van der Waals surface area contributed by atoms with E-state index in [1.165, 1.54) is 0 Å². The molecule has 4 aliphatic rings. The highest BCUT2D eigenvalue weighted by Crippen LogP contribution is 2.67. The zero-order chi connectivity index (χ0) is 19.8. The number of aliphatic hydroxyl groups excluding tert-OH is 2. The number of carbonyl (C=O) groups is 2. The van der Waals surface area contributed by atoms with Gasteiger partial charge < -0.3 is 15.3 Å². The van der Waals surface area contributed by atoms with Gasteiger partial charge in [-0.1, -0.05) is 32.9 Å². The topological polar surface area (TPSA) is 94.8 Å². The Hall–Kier alpha value is -1.30. The Bertz CT molecular complexity index is 754. The average Bonchev–Trinajstić information content (AvgIpc) is 2.82. The van der Waals surface area contributed by atoms with Crippen LogP contribution in [0.2, 0.25) is 0 Å². The molecule has 5 nitrogen and oxygen atoms in total. The Kier molecular flexibility index (Phi) is 4.12. The zero-order valence-electron chi connectivity index (χ0n) is 16.3. The van der Waals surface area contributed by atoms with Crippen LogP contribution in [-0.4, -0.2) is 45.2 Å². The van der Waals surface area contributed by atoms with Gasteiger partial charge in [0.25, 0.3) is 0 Å². The summed E-state index contributed by atoms with van der Waals surface area (Å²) in [5, 5.41) is 32.1. The fraction of sp³-hybridized carbons (Fsp3) is 0.727. The molecule has 27 heavy (non-hydrogen) atoms. The molecular formula is C22H30O5. The predicted molar refractivity (Wildman–Crippen MR) is 99.6 cm³/mol. The monoisotopic (exact) mass is 374 g/mol. The van der Waals surface area contributed by atoms with Crippen LogP contribution in [0.4, 0.5) is 0 Å². The Morgan fingerprint density at radius 3 is 2.70 bits per heavy atom. The minimum absolute atomic E-state index is 0.0290. The maximum Gasteiger partial charge on any atom is 0.190 e. The molecule has 3 N–H and O–H groups in total. The van der Waals surface area contributed by atoms with Crippen LogP contribution in [0, 0.1) is 34.5 Å². The minimum atomic E-state index is -1.62. The van der Waals surface area contributed by atoms with Gasteiger partial charge in [0.15, 0.2) is 11.6 Å². The number of allylic oxidation sites excluding steroid dienone is 4. The van der Waals surface area contributed by atoms with Crippen molar-refractivity contribution in [1.29, 1.82) is 0 Å². The van der Waals surface area contributed by atoms with Gasteiger partial charge >= 0.3 is 0 Å². The third-order valence-electron chi connectivity index (χ3n) is 8.61. The SMILES string of the molecule is C[C@@H]1C[C@H]2[C@@H]3C=CC4=CC(=O)CC[C@]4(C)[C@H]3[C@@H](O)C[C@]2(C)[C@@]1(O)C(=O)CO. The van der Waals surface area contributed by atoms with Gasteiger partial charge in [0.2, 0.25) is 0 Å². The molecular weight excluding hydrogens is 344 g/mol. The fourth-order valence-electron chi connectivity index (χ4n) is 7.18. The van der Waals surface area contributed by atoms with E-state index in [2.05, 4.69) is 13.0 Å². The van der Waals surface area contributed by atoms with Gasteiger partial charge in [-0.15, -0.1) is 0 Å². The molecule has 0 radical (unpaired) electrons. The highest BCUT2D eigenvalue weighted by molar-refractivity contribution is 5.92. The maximum absolute atomic E-state index is 12.6. The Labute approximate surface area is 160 Å². The molecule has 0 bridgehead atoms. The molecule has 8 atom stereocenters. The summed E-state index contributed by atoms with van der Waals surface area (Å²) in [7, 11) is 0. The number of Topliss-reactive ketones (excluding diaryl/α,β-unsaturated/α-hetero) is 1. The third kappa shape index (κ3) is 2.22. The third-order valence-corrected chi connectivity index (χ3v) is 8.61. The van der Waals surface area contributed by atoms with Crippen LogP contribution in [0.3, 0.4) is 0 Å². The van der Waals surface area contributed by atoms with E-state index in [1.807, 2.05) is 19.9 Å². The van der Waals surface area contributed by atoms with Gasteiger partial charge in [-0.05, 0) is 54.1 Å². The summed E-state index contributed by atoms with van der Waals surface area (Å²) in [5.41, 5.74) is -1.67. The van der Waals surface area contributed by atoms with Gasteiger partial charge in [-0.3, -0.25) is 9.59 Å². The molecule has 5 heteroatoms. The van der Waals surface area contributed by atoms with Crippen LogP contribution in [0.1, 0.15) is 46.5 Å². The van der Waals surface area contributed by atoms with E-state index in [0.29, 0.717) is 19.3 Å². The molecule has 4 aliphatic carbocycles. The van der Waals surface area contributed by atoms with E-state index >= 15 is 0 Å². The molecule has 0 aromatic carbocycles. The minimum Gasteiger partial charge on any atom is -0.393 e. The summed E-state index contributed by atoms with van der Waals surface area (Å²) in [6.45, 7) is 5.23. The van der Waals surface area contributed by atoms with E-state index in [0.717, 1.165) is 12.0 Å². The Morgan fingerprint density at radius 1 is 1.33 bits per heavy atom. The van der Waals surface area contributed by atoms with Gasteiger partial charge in [0, 0.05) is 17.8 Å². The summed E-state index contributed by atoms with van der Waals surface area (Å²) < 4.78 is 0. The molecule has 0 heterocycles.